The zero-order chi connectivity index (χ0) is 15.1. The summed E-state index contributed by atoms with van der Waals surface area (Å²) in [4.78, 5) is 5.62. The van der Waals surface area contributed by atoms with Crippen molar-refractivity contribution in [2.75, 3.05) is 13.6 Å². The number of rotatable bonds is 5. The number of guanidine groups is 1. The first kappa shape index (κ1) is 19.0. The van der Waals surface area contributed by atoms with E-state index in [0.29, 0.717) is 0 Å². The highest BCUT2D eigenvalue weighted by atomic mass is 127. The number of nitrogens with zero attached hydrogens (tertiary/aromatic N) is 1. The van der Waals surface area contributed by atoms with Gasteiger partial charge in [-0.25, -0.2) is 0 Å². The third-order valence-corrected chi connectivity index (χ3v) is 4.42. The van der Waals surface area contributed by atoms with Crippen LogP contribution in [0.15, 0.2) is 40.7 Å². The molecule has 2 rings (SSSR count). The van der Waals surface area contributed by atoms with Crippen LogP contribution in [0.2, 0.25) is 0 Å². The van der Waals surface area contributed by atoms with E-state index in [1.165, 1.54) is 21.6 Å². The van der Waals surface area contributed by atoms with E-state index in [2.05, 4.69) is 65.2 Å². The van der Waals surface area contributed by atoms with Gasteiger partial charge in [0.2, 0.25) is 0 Å². The summed E-state index contributed by atoms with van der Waals surface area (Å²) >= 11 is 1.78. The lowest BCUT2D eigenvalue weighted by Gasteiger charge is -2.12. The highest BCUT2D eigenvalue weighted by molar-refractivity contribution is 14.0. The largest absolute Gasteiger partial charge is 0.356 e. The van der Waals surface area contributed by atoms with Crippen molar-refractivity contribution >= 4 is 41.3 Å². The maximum Gasteiger partial charge on any atom is 0.191 e. The van der Waals surface area contributed by atoms with Crippen molar-refractivity contribution in [2.24, 2.45) is 4.99 Å². The van der Waals surface area contributed by atoms with Gasteiger partial charge in [0.05, 0.1) is 6.54 Å². The minimum absolute atomic E-state index is 0. The molecule has 0 spiro atoms. The van der Waals surface area contributed by atoms with Gasteiger partial charge in [-0.05, 0) is 42.8 Å². The smallest absolute Gasteiger partial charge is 0.191 e. The van der Waals surface area contributed by atoms with Crippen LogP contribution in [0.4, 0.5) is 0 Å². The first-order valence-electron chi connectivity index (χ1n) is 7.22. The number of hydrogen-bond acceptors (Lipinski definition) is 2. The summed E-state index contributed by atoms with van der Waals surface area (Å²) in [6, 6.07) is 10.8. The van der Waals surface area contributed by atoms with Crippen LogP contribution in [0, 0.1) is 13.8 Å². The molecule has 2 aromatic rings. The van der Waals surface area contributed by atoms with Crippen LogP contribution in [-0.4, -0.2) is 19.6 Å². The number of halogens is 1. The lowest BCUT2D eigenvalue weighted by Crippen LogP contribution is -2.37. The Balaban J connectivity index is 0.00000242. The maximum absolute atomic E-state index is 4.26. The molecule has 0 saturated heterocycles. The second kappa shape index (κ2) is 9.84. The molecule has 1 heterocycles. The van der Waals surface area contributed by atoms with Crippen molar-refractivity contribution in [3.63, 3.8) is 0 Å². The monoisotopic (exact) mass is 429 g/mol. The first-order valence-corrected chi connectivity index (χ1v) is 8.10. The van der Waals surface area contributed by atoms with Gasteiger partial charge in [-0.15, -0.1) is 35.3 Å². The summed E-state index contributed by atoms with van der Waals surface area (Å²) in [5.41, 5.74) is 4.00. The van der Waals surface area contributed by atoms with E-state index in [9.17, 15) is 0 Å². The predicted octanol–water partition coefficient (Wildman–Crippen LogP) is 3.89. The minimum atomic E-state index is 0. The lowest BCUT2D eigenvalue weighted by atomic mass is 10.1. The summed E-state index contributed by atoms with van der Waals surface area (Å²) in [5.74, 6) is 0.857. The Kier molecular flexibility index (Phi) is 8.48. The topological polar surface area (TPSA) is 36.4 Å². The second-order valence-corrected chi connectivity index (χ2v) is 6.12. The second-order valence-electron chi connectivity index (χ2n) is 5.12. The molecule has 0 atom stereocenters. The quantitative estimate of drug-likeness (QED) is 0.430. The molecule has 5 heteroatoms. The molecule has 0 bridgehead atoms. The van der Waals surface area contributed by atoms with Crippen LogP contribution in [0.5, 0.6) is 0 Å². The van der Waals surface area contributed by atoms with Gasteiger partial charge in [-0.1, -0.05) is 29.8 Å². The fraction of sp³-hybridized carbons (Fsp3) is 0.353. The van der Waals surface area contributed by atoms with E-state index in [1.54, 1.807) is 11.3 Å². The summed E-state index contributed by atoms with van der Waals surface area (Å²) in [5, 5.41) is 8.85. The van der Waals surface area contributed by atoms with Gasteiger partial charge in [-0.2, -0.15) is 0 Å². The Labute approximate surface area is 154 Å². The number of nitrogens with one attached hydrogen (secondary N) is 2. The van der Waals surface area contributed by atoms with Gasteiger partial charge >= 0.3 is 0 Å². The third kappa shape index (κ3) is 5.96. The van der Waals surface area contributed by atoms with Crippen LogP contribution in [0.3, 0.4) is 0 Å². The normalized spacial score (nSPS) is 11.0. The molecular formula is C17H24IN3S. The molecule has 0 amide bonds. The fourth-order valence-corrected chi connectivity index (χ4v) is 3.01. The molecule has 0 saturated carbocycles. The number of aliphatic imine (C=N–C) groups is 1. The van der Waals surface area contributed by atoms with E-state index in [-0.39, 0.29) is 24.0 Å². The van der Waals surface area contributed by atoms with Gasteiger partial charge in [-0.3, -0.25) is 4.99 Å². The molecule has 0 aliphatic heterocycles. The molecule has 3 nitrogen and oxygen atoms in total. The average molecular weight is 429 g/mol. The molecule has 22 heavy (non-hydrogen) atoms. The van der Waals surface area contributed by atoms with Crippen molar-refractivity contribution in [2.45, 2.75) is 26.8 Å². The first-order chi connectivity index (χ1) is 10.2. The SMILES string of the molecule is CN=C(NCCc1cccc(C)c1)NCc1sccc1C.I. The summed E-state index contributed by atoms with van der Waals surface area (Å²) in [6.07, 6.45) is 1.00. The van der Waals surface area contributed by atoms with Crippen molar-refractivity contribution in [3.05, 3.63) is 57.3 Å². The average Bonchev–Trinajstić information content (AvgIpc) is 2.88. The lowest BCUT2D eigenvalue weighted by molar-refractivity contribution is 0.797. The summed E-state index contributed by atoms with van der Waals surface area (Å²) < 4.78 is 0. The highest BCUT2D eigenvalue weighted by Crippen LogP contribution is 2.14. The molecule has 120 valence electrons. The van der Waals surface area contributed by atoms with Crippen LogP contribution in [0.1, 0.15) is 21.6 Å². The van der Waals surface area contributed by atoms with Crippen molar-refractivity contribution in [3.8, 4) is 0 Å². The number of thiophene rings is 1. The molecule has 1 aromatic heterocycles. The van der Waals surface area contributed by atoms with Crippen molar-refractivity contribution in [1.82, 2.24) is 10.6 Å². The Hall–Kier alpha value is -1.08. The Morgan fingerprint density at radius 1 is 1.18 bits per heavy atom. The molecular weight excluding hydrogens is 405 g/mol. The van der Waals surface area contributed by atoms with Crippen LogP contribution in [-0.2, 0) is 13.0 Å². The number of hydrogen-bond donors (Lipinski definition) is 2. The Morgan fingerprint density at radius 3 is 2.64 bits per heavy atom. The number of benzene rings is 1. The minimum Gasteiger partial charge on any atom is -0.356 e. The zero-order valence-corrected chi connectivity index (χ0v) is 16.5. The molecule has 0 fully saturated rings. The van der Waals surface area contributed by atoms with Gasteiger partial charge in [0.15, 0.2) is 5.96 Å². The van der Waals surface area contributed by atoms with Crippen molar-refractivity contribution < 1.29 is 0 Å². The van der Waals surface area contributed by atoms with Crippen LogP contribution in [0.25, 0.3) is 0 Å². The molecule has 0 aliphatic rings. The van der Waals surface area contributed by atoms with Gasteiger partial charge in [0.25, 0.3) is 0 Å². The fourth-order valence-electron chi connectivity index (χ4n) is 2.16. The Morgan fingerprint density at radius 2 is 2.00 bits per heavy atom. The summed E-state index contributed by atoms with van der Waals surface area (Å²) in [6.45, 7) is 5.97. The molecule has 0 aliphatic carbocycles. The van der Waals surface area contributed by atoms with Crippen LogP contribution >= 0.6 is 35.3 Å². The standard InChI is InChI=1S/C17H23N3S.HI/c1-13-5-4-6-15(11-13)7-9-19-17(18-3)20-12-16-14(2)8-10-21-16;/h4-6,8,10-11H,7,9,12H2,1-3H3,(H2,18,19,20);1H. The van der Waals surface area contributed by atoms with E-state index in [0.717, 1.165) is 25.5 Å². The molecule has 0 unspecified atom stereocenters. The van der Waals surface area contributed by atoms with E-state index >= 15 is 0 Å². The molecule has 2 N–H and O–H groups in total. The van der Waals surface area contributed by atoms with Gasteiger partial charge < -0.3 is 10.6 Å². The van der Waals surface area contributed by atoms with Crippen molar-refractivity contribution in [1.29, 1.82) is 0 Å². The number of aryl methyl sites for hydroxylation is 2. The van der Waals surface area contributed by atoms with E-state index < -0.39 is 0 Å². The van der Waals surface area contributed by atoms with Gasteiger partial charge in [0, 0.05) is 18.5 Å². The van der Waals surface area contributed by atoms with Gasteiger partial charge in [0.1, 0.15) is 0 Å². The maximum atomic E-state index is 4.26. The Bertz CT molecular complexity index is 607. The molecule has 0 radical (unpaired) electrons. The zero-order valence-electron chi connectivity index (χ0n) is 13.3. The van der Waals surface area contributed by atoms with Crippen LogP contribution < -0.4 is 10.6 Å². The molecule has 1 aromatic carbocycles. The predicted molar refractivity (Wildman–Crippen MR) is 108 cm³/mol. The van der Waals surface area contributed by atoms with E-state index in [4.69, 9.17) is 0 Å². The highest BCUT2D eigenvalue weighted by Gasteiger charge is 2.02. The summed E-state index contributed by atoms with van der Waals surface area (Å²) in [7, 11) is 1.81. The van der Waals surface area contributed by atoms with E-state index in [1.807, 2.05) is 7.05 Å². The third-order valence-electron chi connectivity index (χ3n) is 3.40.